The van der Waals surface area contributed by atoms with Crippen molar-refractivity contribution in [3.8, 4) is 5.75 Å². The standard InChI is InChI=1S/C13H17IN2O2/c1-8-7-16(9(2)6-15-8)13(18)11-5-10(14)3-4-12(11)17/h3-5,8-9,15,17H,6-7H2,1-2H3. The second kappa shape index (κ2) is 5.44. The maximum atomic E-state index is 12.5. The van der Waals surface area contributed by atoms with Gasteiger partial charge in [0.2, 0.25) is 0 Å². The number of nitrogens with one attached hydrogen (secondary N) is 1. The van der Waals surface area contributed by atoms with Gasteiger partial charge in [-0.25, -0.2) is 0 Å². The first-order valence-electron chi connectivity index (χ1n) is 6.02. The zero-order chi connectivity index (χ0) is 13.3. The van der Waals surface area contributed by atoms with Crippen LogP contribution in [0.15, 0.2) is 18.2 Å². The van der Waals surface area contributed by atoms with Crippen molar-refractivity contribution in [1.82, 2.24) is 10.2 Å². The topological polar surface area (TPSA) is 52.6 Å². The number of piperazine rings is 1. The molecule has 2 N–H and O–H groups in total. The summed E-state index contributed by atoms with van der Waals surface area (Å²) in [5.74, 6) is -0.0364. The number of nitrogens with zero attached hydrogens (tertiary/aromatic N) is 1. The number of phenolic OH excluding ortho intramolecular Hbond substituents is 1. The maximum Gasteiger partial charge on any atom is 0.257 e. The molecule has 2 atom stereocenters. The first-order chi connectivity index (χ1) is 8.49. The fraction of sp³-hybridized carbons (Fsp3) is 0.462. The first kappa shape index (κ1) is 13.6. The Morgan fingerprint density at radius 2 is 2.22 bits per heavy atom. The van der Waals surface area contributed by atoms with Crippen LogP contribution in [0.5, 0.6) is 5.75 Å². The molecule has 0 spiro atoms. The predicted octanol–water partition coefficient (Wildman–Crippen LogP) is 1.82. The molecule has 18 heavy (non-hydrogen) atoms. The molecule has 4 nitrogen and oxygen atoms in total. The molecule has 0 aliphatic carbocycles. The van der Waals surface area contributed by atoms with E-state index in [-0.39, 0.29) is 23.7 Å². The summed E-state index contributed by atoms with van der Waals surface area (Å²) < 4.78 is 0.949. The Morgan fingerprint density at radius 1 is 1.50 bits per heavy atom. The molecule has 1 aromatic carbocycles. The molecular formula is C13H17IN2O2. The monoisotopic (exact) mass is 360 g/mol. The SMILES string of the molecule is CC1CN(C(=O)c2cc(I)ccc2O)C(C)CN1. The van der Waals surface area contributed by atoms with Crippen molar-refractivity contribution in [3.63, 3.8) is 0 Å². The lowest BCUT2D eigenvalue weighted by Crippen LogP contribution is -2.56. The van der Waals surface area contributed by atoms with Gasteiger partial charge in [0.1, 0.15) is 5.75 Å². The van der Waals surface area contributed by atoms with E-state index in [1.807, 2.05) is 11.8 Å². The molecular weight excluding hydrogens is 343 g/mol. The normalized spacial score (nSPS) is 24.1. The molecule has 2 rings (SSSR count). The van der Waals surface area contributed by atoms with E-state index in [4.69, 9.17) is 0 Å². The molecule has 1 heterocycles. The molecule has 1 amide bonds. The number of hydrogen-bond acceptors (Lipinski definition) is 3. The minimum atomic E-state index is -0.0909. The van der Waals surface area contributed by atoms with Crippen LogP contribution in [0, 0.1) is 3.57 Å². The van der Waals surface area contributed by atoms with Crippen LogP contribution in [0.4, 0.5) is 0 Å². The van der Waals surface area contributed by atoms with Crippen molar-refractivity contribution in [2.75, 3.05) is 13.1 Å². The van der Waals surface area contributed by atoms with E-state index in [1.165, 1.54) is 0 Å². The van der Waals surface area contributed by atoms with Gasteiger partial charge in [-0.3, -0.25) is 4.79 Å². The fourth-order valence-corrected chi connectivity index (χ4v) is 2.63. The number of amides is 1. The van der Waals surface area contributed by atoms with Crippen molar-refractivity contribution in [1.29, 1.82) is 0 Å². The first-order valence-corrected chi connectivity index (χ1v) is 7.09. The highest BCUT2D eigenvalue weighted by atomic mass is 127. The van der Waals surface area contributed by atoms with Crippen LogP contribution in [0.25, 0.3) is 0 Å². The van der Waals surface area contributed by atoms with Crippen LogP contribution < -0.4 is 5.32 Å². The van der Waals surface area contributed by atoms with Gasteiger partial charge in [-0.2, -0.15) is 0 Å². The van der Waals surface area contributed by atoms with E-state index < -0.39 is 0 Å². The van der Waals surface area contributed by atoms with Crippen LogP contribution in [-0.4, -0.2) is 41.1 Å². The molecule has 0 bridgehead atoms. The third-order valence-corrected chi connectivity index (χ3v) is 3.89. The quantitative estimate of drug-likeness (QED) is 0.752. The molecule has 0 aromatic heterocycles. The van der Waals surface area contributed by atoms with Gasteiger partial charge in [-0.15, -0.1) is 0 Å². The Balaban J connectivity index is 2.27. The van der Waals surface area contributed by atoms with Gasteiger partial charge in [0.15, 0.2) is 0 Å². The van der Waals surface area contributed by atoms with Gasteiger partial charge in [0.05, 0.1) is 5.56 Å². The molecule has 1 saturated heterocycles. The summed E-state index contributed by atoms with van der Waals surface area (Å²) in [4.78, 5) is 14.3. The van der Waals surface area contributed by atoms with Crippen LogP contribution in [0.1, 0.15) is 24.2 Å². The number of halogens is 1. The summed E-state index contributed by atoms with van der Waals surface area (Å²) in [6.45, 7) is 5.53. The zero-order valence-corrected chi connectivity index (χ0v) is 12.6. The largest absolute Gasteiger partial charge is 0.507 e. The molecule has 1 fully saturated rings. The fourth-order valence-electron chi connectivity index (χ4n) is 2.14. The lowest BCUT2D eigenvalue weighted by atomic mass is 10.1. The minimum Gasteiger partial charge on any atom is -0.507 e. The number of carbonyl (C=O) groups is 1. The molecule has 1 aromatic rings. The van der Waals surface area contributed by atoms with E-state index >= 15 is 0 Å². The van der Waals surface area contributed by atoms with Crippen LogP contribution in [0.3, 0.4) is 0 Å². The summed E-state index contributed by atoms with van der Waals surface area (Å²) in [7, 11) is 0. The third kappa shape index (κ3) is 2.77. The highest BCUT2D eigenvalue weighted by Crippen LogP contribution is 2.23. The van der Waals surface area contributed by atoms with E-state index in [2.05, 4.69) is 34.8 Å². The van der Waals surface area contributed by atoms with Gasteiger partial charge in [0, 0.05) is 28.7 Å². The third-order valence-electron chi connectivity index (χ3n) is 3.21. The Hall–Kier alpha value is -0.820. The number of hydrogen-bond donors (Lipinski definition) is 2. The van der Waals surface area contributed by atoms with Gasteiger partial charge in [-0.05, 0) is 54.6 Å². The second-order valence-corrected chi connectivity index (χ2v) is 6.02. The Bertz CT molecular complexity index is 464. The van der Waals surface area contributed by atoms with Crippen LogP contribution in [-0.2, 0) is 0 Å². The Kier molecular flexibility index (Phi) is 4.11. The predicted molar refractivity (Wildman–Crippen MR) is 78.8 cm³/mol. The summed E-state index contributed by atoms with van der Waals surface area (Å²) in [6, 6.07) is 5.53. The van der Waals surface area contributed by atoms with Gasteiger partial charge in [0.25, 0.3) is 5.91 Å². The average Bonchev–Trinajstić information content (AvgIpc) is 2.34. The molecule has 0 saturated carbocycles. The second-order valence-electron chi connectivity index (χ2n) is 4.78. The van der Waals surface area contributed by atoms with Crippen molar-refractivity contribution >= 4 is 28.5 Å². The van der Waals surface area contributed by atoms with Crippen molar-refractivity contribution < 1.29 is 9.90 Å². The van der Waals surface area contributed by atoms with Crippen molar-refractivity contribution in [3.05, 3.63) is 27.3 Å². The number of aromatic hydroxyl groups is 1. The number of rotatable bonds is 1. The van der Waals surface area contributed by atoms with Crippen LogP contribution >= 0.6 is 22.6 Å². The summed E-state index contributed by atoms with van der Waals surface area (Å²) in [5.41, 5.74) is 0.392. The van der Waals surface area contributed by atoms with E-state index in [0.717, 1.165) is 10.1 Å². The van der Waals surface area contributed by atoms with E-state index in [9.17, 15) is 9.90 Å². The highest BCUT2D eigenvalue weighted by molar-refractivity contribution is 14.1. The zero-order valence-electron chi connectivity index (χ0n) is 10.5. The lowest BCUT2D eigenvalue weighted by molar-refractivity contribution is 0.0613. The van der Waals surface area contributed by atoms with E-state index in [1.54, 1.807) is 18.2 Å². The van der Waals surface area contributed by atoms with Gasteiger partial charge in [-0.1, -0.05) is 0 Å². The van der Waals surface area contributed by atoms with Crippen molar-refractivity contribution in [2.45, 2.75) is 25.9 Å². The molecule has 0 radical (unpaired) electrons. The van der Waals surface area contributed by atoms with E-state index in [0.29, 0.717) is 12.1 Å². The number of carbonyl (C=O) groups excluding carboxylic acids is 1. The molecule has 5 heteroatoms. The molecule has 1 aliphatic heterocycles. The number of phenols is 1. The highest BCUT2D eigenvalue weighted by Gasteiger charge is 2.28. The summed E-state index contributed by atoms with van der Waals surface area (Å²) in [6.07, 6.45) is 0. The van der Waals surface area contributed by atoms with Gasteiger partial charge >= 0.3 is 0 Å². The molecule has 2 unspecified atom stereocenters. The Labute approximate surface area is 121 Å². The average molecular weight is 360 g/mol. The number of benzene rings is 1. The Morgan fingerprint density at radius 3 is 2.94 bits per heavy atom. The van der Waals surface area contributed by atoms with Crippen LogP contribution in [0.2, 0.25) is 0 Å². The lowest BCUT2D eigenvalue weighted by Gasteiger charge is -2.37. The van der Waals surface area contributed by atoms with Crippen molar-refractivity contribution in [2.24, 2.45) is 0 Å². The smallest absolute Gasteiger partial charge is 0.257 e. The molecule has 98 valence electrons. The minimum absolute atomic E-state index is 0.0544. The maximum absolute atomic E-state index is 12.5. The van der Waals surface area contributed by atoms with Gasteiger partial charge < -0.3 is 15.3 Å². The summed E-state index contributed by atoms with van der Waals surface area (Å²) >= 11 is 2.14. The summed E-state index contributed by atoms with van der Waals surface area (Å²) in [5, 5.41) is 13.2. The molecule has 1 aliphatic rings.